The van der Waals surface area contributed by atoms with Crippen molar-refractivity contribution in [3.05, 3.63) is 129 Å². The Labute approximate surface area is 316 Å². The normalized spacial score (nSPS) is 19.2. The number of carbonyl (C=O) groups is 1. The maximum absolute atomic E-state index is 13.2. The Morgan fingerprint density at radius 2 is 1.23 bits per heavy atom. The highest BCUT2D eigenvalue weighted by atomic mass is 16.6. The van der Waals surface area contributed by atoms with E-state index in [4.69, 9.17) is 14.2 Å². The fraction of sp³-hybridized carbons (Fsp3) is 0.457. The molecule has 4 atom stereocenters. The summed E-state index contributed by atoms with van der Waals surface area (Å²) in [6.45, 7) is 10.4. The van der Waals surface area contributed by atoms with E-state index in [9.17, 15) is 15.0 Å². The topological polar surface area (TPSA) is 88.5 Å². The Bertz CT molecular complexity index is 1780. The molecule has 7 nitrogen and oxygen atoms in total. The van der Waals surface area contributed by atoms with Crippen LogP contribution in [0.4, 0.5) is 4.79 Å². The molecule has 53 heavy (non-hydrogen) atoms. The number of benzene rings is 4. The minimum Gasteiger partial charge on any atom is -0.496 e. The highest BCUT2D eigenvalue weighted by molar-refractivity contribution is 5.69. The second-order valence-corrected chi connectivity index (χ2v) is 15.6. The van der Waals surface area contributed by atoms with Gasteiger partial charge in [-0.25, -0.2) is 4.79 Å². The van der Waals surface area contributed by atoms with Crippen LogP contribution < -0.4 is 9.47 Å². The summed E-state index contributed by atoms with van der Waals surface area (Å²) in [6, 6.07) is 28.8. The molecule has 6 rings (SSSR count). The number of aliphatic hydroxyl groups excluding tert-OH is 2. The van der Waals surface area contributed by atoms with Crippen molar-refractivity contribution in [1.82, 2.24) is 4.90 Å². The zero-order chi connectivity index (χ0) is 38.1. The fourth-order valence-corrected chi connectivity index (χ4v) is 8.39. The van der Waals surface area contributed by atoms with Gasteiger partial charge in [-0.15, -0.1) is 0 Å². The number of ether oxygens (including phenoxy) is 3. The molecule has 0 saturated carbocycles. The third kappa shape index (κ3) is 9.62. The minimum atomic E-state index is -0.590. The third-order valence-electron chi connectivity index (χ3n) is 10.9. The van der Waals surface area contributed by atoms with Gasteiger partial charge in [-0.3, -0.25) is 0 Å². The monoisotopic (exact) mass is 721 g/mol. The van der Waals surface area contributed by atoms with Crippen molar-refractivity contribution in [2.24, 2.45) is 5.92 Å². The first-order chi connectivity index (χ1) is 25.5. The van der Waals surface area contributed by atoms with Crippen molar-refractivity contribution in [3.8, 4) is 11.5 Å². The summed E-state index contributed by atoms with van der Waals surface area (Å²) in [4.78, 5) is 15.0. The molecular formula is C46H59NO6. The predicted molar refractivity (Wildman–Crippen MR) is 212 cm³/mol. The van der Waals surface area contributed by atoms with Gasteiger partial charge in [0.2, 0.25) is 0 Å². The van der Waals surface area contributed by atoms with Crippen LogP contribution in [-0.2, 0) is 30.5 Å². The Morgan fingerprint density at radius 1 is 0.717 bits per heavy atom. The molecule has 4 aromatic rings. The number of nitrogens with zero attached hydrogens (tertiary/aromatic N) is 1. The molecule has 0 unspecified atom stereocenters. The number of aryl methyl sites for hydroxylation is 3. The van der Waals surface area contributed by atoms with Crippen LogP contribution in [0.3, 0.4) is 0 Å². The first-order valence-corrected chi connectivity index (χ1v) is 19.1. The van der Waals surface area contributed by atoms with Gasteiger partial charge in [0.15, 0.2) is 0 Å². The van der Waals surface area contributed by atoms with E-state index in [1.807, 2.05) is 64.1 Å². The van der Waals surface area contributed by atoms with Crippen molar-refractivity contribution in [2.75, 3.05) is 27.4 Å². The second kappa shape index (κ2) is 18.1. The van der Waals surface area contributed by atoms with Crippen molar-refractivity contribution in [1.29, 1.82) is 0 Å². The molecule has 2 aliphatic carbocycles. The van der Waals surface area contributed by atoms with Crippen LogP contribution in [0.5, 0.6) is 11.5 Å². The lowest BCUT2D eigenvalue weighted by Gasteiger charge is -2.41. The number of fused-ring (bicyclic) bond motifs is 2. The summed E-state index contributed by atoms with van der Waals surface area (Å²) >= 11 is 0. The smallest absolute Gasteiger partial charge is 0.410 e. The van der Waals surface area contributed by atoms with Crippen LogP contribution in [0.15, 0.2) is 84.9 Å². The lowest BCUT2D eigenvalue weighted by Crippen LogP contribution is -2.48. The van der Waals surface area contributed by atoms with Crippen LogP contribution in [0.1, 0.15) is 96.4 Å². The molecule has 0 aromatic heterocycles. The highest BCUT2D eigenvalue weighted by Gasteiger charge is 2.39. The van der Waals surface area contributed by atoms with Crippen LogP contribution in [0.25, 0.3) is 0 Å². The Balaban J connectivity index is 0.000000211. The van der Waals surface area contributed by atoms with E-state index in [1.165, 1.54) is 22.3 Å². The van der Waals surface area contributed by atoms with Crippen LogP contribution in [-0.4, -0.2) is 60.3 Å². The average Bonchev–Trinajstić information content (AvgIpc) is 3.15. The van der Waals surface area contributed by atoms with E-state index in [1.54, 1.807) is 19.1 Å². The summed E-state index contributed by atoms with van der Waals surface area (Å²) in [5.41, 5.74) is 8.89. The van der Waals surface area contributed by atoms with Gasteiger partial charge in [0.05, 0.1) is 27.4 Å². The molecule has 0 bridgehead atoms. The largest absolute Gasteiger partial charge is 0.496 e. The Kier molecular flexibility index (Phi) is 13.6. The highest BCUT2D eigenvalue weighted by Crippen LogP contribution is 2.43. The van der Waals surface area contributed by atoms with Crippen LogP contribution >= 0.6 is 0 Å². The van der Waals surface area contributed by atoms with Crippen LogP contribution in [0.2, 0.25) is 0 Å². The van der Waals surface area contributed by atoms with E-state index in [0.29, 0.717) is 12.5 Å². The van der Waals surface area contributed by atoms with Crippen molar-refractivity contribution < 1.29 is 29.2 Å². The Morgan fingerprint density at radius 3 is 1.74 bits per heavy atom. The average molecular weight is 722 g/mol. The van der Waals surface area contributed by atoms with Crippen molar-refractivity contribution >= 4 is 6.09 Å². The zero-order valence-electron chi connectivity index (χ0n) is 32.7. The van der Waals surface area contributed by atoms with Gasteiger partial charge < -0.3 is 29.3 Å². The summed E-state index contributed by atoms with van der Waals surface area (Å²) in [7, 11) is 3.43. The van der Waals surface area contributed by atoms with E-state index in [-0.39, 0.29) is 37.2 Å². The lowest BCUT2D eigenvalue weighted by atomic mass is 9.72. The Hall–Kier alpha value is -4.33. The summed E-state index contributed by atoms with van der Waals surface area (Å²) < 4.78 is 17.0. The second-order valence-electron chi connectivity index (χ2n) is 15.6. The summed E-state index contributed by atoms with van der Waals surface area (Å²) in [6.07, 6.45) is 5.57. The van der Waals surface area contributed by atoms with E-state index in [2.05, 4.69) is 55.5 Å². The lowest BCUT2D eigenvalue weighted by molar-refractivity contribution is 0.00624. The fourth-order valence-electron chi connectivity index (χ4n) is 8.39. The molecule has 0 fully saturated rings. The number of methoxy groups -OCH3 is 2. The molecule has 1 amide bonds. The predicted octanol–water partition coefficient (Wildman–Crippen LogP) is 9.11. The minimum absolute atomic E-state index is 0.0437. The number of amides is 1. The molecule has 7 heteroatoms. The first kappa shape index (κ1) is 39.9. The number of rotatable bonds is 10. The quantitative estimate of drug-likeness (QED) is 0.170. The molecule has 0 spiro atoms. The maximum atomic E-state index is 13.2. The third-order valence-corrected chi connectivity index (χ3v) is 10.9. The van der Waals surface area contributed by atoms with Gasteiger partial charge in [-0.05, 0) is 124 Å². The molecule has 2 N–H and O–H groups in total. The van der Waals surface area contributed by atoms with Crippen molar-refractivity contribution in [3.63, 3.8) is 0 Å². The van der Waals surface area contributed by atoms with Crippen molar-refractivity contribution in [2.45, 2.75) is 103 Å². The van der Waals surface area contributed by atoms with Crippen LogP contribution in [0, 0.1) is 19.8 Å². The summed E-state index contributed by atoms with van der Waals surface area (Å²) in [5, 5.41) is 20.3. The molecule has 0 aliphatic heterocycles. The van der Waals surface area contributed by atoms with Gasteiger partial charge >= 0.3 is 6.09 Å². The standard InChI is InChI=1S/C25H33NO4.C21H26O2/c1-17-11-12-19-20(23(17)29-5)13-14-22(21(19)16-27)26(24(28)30-25(2,3)4)15-18-9-7-6-8-10-18;1-15-8-12-18-19(21(15)23-2)13-11-17(20(18)14-22)10-9-16-6-4-3-5-7-16/h6-12,21-22,27H,13-16H2,1-5H3;3-8,12,17,20,22H,9-11,13-14H2,1-2H3/t21-,22-;17-,20+/m00/s1. The summed E-state index contributed by atoms with van der Waals surface area (Å²) in [5.74, 6) is 2.48. The molecule has 2 aliphatic rings. The number of hydrogen-bond acceptors (Lipinski definition) is 6. The molecule has 4 aromatic carbocycles. The molecule has 0 radical (unpaired) electrons. The van der Waals surface area contributed by atoms with Gasteiger partial charge in [0.25, 0.3) is 0 Å². The number of hydrogen-bond donors (Lipinski definition) is 2. The van der Waals surface area contributed by atoms with Gasteiger partial charge in [-0.1, -0.05) is 84.9 Å². The first-order valence-electron chi connectivity index (χ1n) is 19.1. The van der Waals surface area contributed by atoms with Gasteiger partial charge in [-0.2, -0.15) is 0 Å². The molecule has 284 valence electrons. The SMILES string of the molecule is COc1c(C)ccc2c1CC[C@H](CCc1ccccc1)[C@H]2CO.COc1c(C)ccc2c1CC[C@H](N(Cc1ccccc1)C(=O)OC(C)(C)C)[C@H]2CO. The zero-order valence-corrected chi connectivity index (χ0v) is 32.7. The van der Waals surface area contributed by atoms with E-state index >= 15 is 0 Å². The molecular weight excluding hydrogens is 663 g/mol. The van der Waals surface area contributed by atoms with Gasteiger partial charge in [0.1, 0.15) is 17.1 Å². The maximum Gasteiger partial charge on any atom is 0.410 e. The molecule has 0 saturated heterocycles. The number of aliphatic hydroxyl groups is 2. The number of carbonyl (C=O) groups excluding carboxylic acids is 1. The van der Waals surface area contributed by atoms with E-state index < -0.39 is 5.60 Å². The van der Waals surface area contributed by atoms with E-state index in [0.717, 1.165) is 72.3 Å². The van der Waals surface area contributed by atoms with Gasteiger partial charge in [0, 0.05) is 24.4 Å². The molecule has 0 heterocycles.